The molecule has 0 bridgehead atoms. The zero-order valence-electron chi connectivity index (χ0n) is 11.0. The van der Waals surface area contributed by atoms with E-state index in [4.69, 9.17) is 0 Å². The van der Waals surface area contributed by atoms with Crippen LogP contribution in [0.3, 0.4) is 0 Å². The summed E-state index contributed by atoms with van der Waals surface area (Å²) < 4.78 is 1.66. The van der Waals surface area contributed by atoms with Gasteiger partial charge in [-0.25, -0.2) is 4.98 Å². The highest BCUT2D eigenvalue weighted by atomic mass is 16.2. The molecule has 1 aromatic carbocycles. The molecule has 5 nitrogen and oxygen atoms in total. The predicted octanol–water partition coefficient (Wildman–Crippen LogP) is 2.08. The van der Waals surface area contributed by atoms with Gasteiger partial charge in [0.2, 0.25) is 5.91 Å². The lowest BCUT2D eigenvalue weighted by molar-refractivity contribution is -0.117. The van der Waals surface area contributed by atoms with E-state index in [9.17, 15) is 4.79 Å². The highest BCUT2D eigenvalue weighted by Gasteiger charge is 2.39. The van der Waals surface area contributed by atoms with Crippen molar-refractivity contribution < 1.29 is 4.79 Å². The minimum Gasteiger partial charge on any atom is -0.326 e. The highest BCUT2D eigenvalue weighted by molar-refractivity contribution is 5.94. The molecule has 1 N–H and O–H groups in total. The van der Waals surface area contributed by atoms with E-state index in [0.717, 1.165) is 17.7 Å². The predicted molar refractivity (Wildman–Crippen MR) is 72.3 cm³/mol. The minimum absolute atomic E-state index is 0.110. The molecule has 1 fully saturated rings. The smallest absolute Gasteiger partial charge is 0.227 e. The van der Waals surface area contributed by atoms with Crippen LogP contribution in [0.2, 0.25) is 0 Å². The molecule has 2 aromatic rings. The summed E-state index contributed by atoms with van der Waals surface area (Å²) in [6.45, 7) is 2.10. The van der Waals surface area contributed by atoms with Crippen LogP contribution >= 0.6 is 0 Å². The molecule has 1 aromatic heterocycles. The van der Waals surface area contributed by atoms with Crippen molar-refractivity contribution in [1.29, 1.82) is 0 Å². The van der Waals surface area contributed by atoms with E-state index < -0.39 is 0 Å². The van der Waals surface area contributed by atoms with Gasteiger partial charge in [0.25, 0.3) is 0 Å². The van der Waals surface area contributed by atoms with E-state index in [1.165, 1.54) is 0 Å². The first-order valence-electron chi connectivity index (χ1n) is 6.40. The number of hydrogen-bond acceptors (Lipinski definition) is 3. The number of benzene rings is 1. The normalized spacial score (nSPS) is 21.2. The first-order valence-corrected chi connectivity index (χ1v) is 6.40. The van der Waals surface area contributed by atoms with Crippen molar-refractivity contribution in [2.45, 2.75) is 13.3 Å². The highest BCUT2D eigenvalue weighted by Crippen LogP contribution is 2.38. The van der Waals surface area contributed by atoms with Crippen LogP contribution in [0.25, 0.3) is 11.4 Å². The molecule has 0 saturated heterocycles. The Hall–Kier alpha value is -2.17. The van der Waals surface area contributed by atoms with E-state index in [2.05, 4.69) is 22.3 Å². The zero-order valence-corrected chi connectivity index (χ0v) is 11.0. The molecule has 2 atom stereocenters. The lowest BCUT2D eigenvalue weighted by atomic mass is 10.2. The number of carbonyl (C=O) groups excluding carboxylic acids is 1. The largest absolute Gasteiger partial charge is 0.326 e. The monoisotopic (exact) mass is 256 g/mol. The van der Waals surface area contributed by atoms with Crippen LogP contribution in [0, 0.1) is 11.8 Å². The number of hydrogen-bond donors (Lipinski definition) is 1. The molecule has 1 aliphatic rings. The summed E-state index contributed by atoms with van der Waals surface area (Å²) in [5.41, 5.74) is 1.70. The third-order valence-corrected chi connectivity index (χ3v) is 3.43. The van der Waals surface area contributed by atoms with Gasteiger partial charge in [0.15, 0.2) is 5.82 Å². The number of anilines is 1. The first kappa shape index (κ1) is 11.9. The summed E-state index contributed by atoms with van der Waals surface area (Å²) in [4.78, 5) is 16.1. The molecule has 0 spiro atoms. The lowest BCUT2D eigenvalue weighted by Crippen LogP contribution is -2.14. The zero-order chi connectivity index (χ0) is 13.4. The van der Waals surface area contributed by atoms with E-state index in [1.807, 2.05) is 31.3 Å². The van der Waals surface area contributed by atoms with Gasteiger partial charge >= 0.3 is 0 Å². The molecule has 0 aliphatic heterocycles. The van der Waals surface area contributed by atoms with Gasteiger partial charge in [-0.2, -0.15) is 5.10 Å². The number of carbonyl (C=O) groups is 1. The maximum Gasteiger partial charge on any atom is 0.227 e. The molecule has 3 rings (SSSR count). The second-order valence-corrected chi connectivity index (χ2v) is 5.13. The molecule has 0 radical (unpaired) electrons. The average Bonchev–Trinajstić information content (AvgIpc) is 2.96. The summed E-state index contributed by atoms with van der Waals surface area (Å²) in [6, 6.07) is 7.63. The number of aryl methyl sites for hydroxylation is 1. The van der Waals surface area contributed by atoms with Crippen molar-refractivity contribution in [2.24, 2.45) is 18.9 Å². The molecule has 1 saturated carbocycles. The second-order valence-electron chi connectivity index (χ2n) is 5.13. The summed E-state index contributed by atoms with van der Waals surface area (Å²) in [6.07, 6.45) is 2.65. The van der Waals surface area contributed by atoms with Crippen LogP contribution in [-0.4, -0.2) is 20.7 Å². The van der Waals surface area contributed by atoms with Gasteiger partial charge in [-0.05, 0) is 24.5 Å². The molecule has 1 amide bonds. The van der Waals surface area contributed by atoms with Crippen LogP contribution in [0.5, 0.6) is 0 Å². The van der Waals surface area contributed by atoms with Crippen LogP contribution in [-0.2, 0) is 11.8 Å². The maximum absolute atomic E-state index is 11.9. The molecular weight excluding hydrogens is 240 g/mol. The number of nitrogens with zero attached hydrogens (tertiary/aromatic N) is 3. The summed E-state index contributed by atoms with van der Waals surface area (Å²) >= 11 is 0. The van der Waals surface area contributed by atoms with Crippen molar-refractivity contribution in [3.63, 3.8) is 0 Å². The summed E-state index contributed by atoms with van der Waals surface area (Å²) in [7, 11) is 1.83. The summed E-state index contributed by atoms with van der Waals surface area (Å²) in [5, 5.41) is 7.20. The van der Waals surface area contributed by atoms with E-state index in [-0.39, 0.29) is 11.8 Å². The van der Waals surface area contributed by atoms with Gasteiger partial charge in [-0.15, -0.1) is 0 Å². The van der Waals surface area contributed by atoms with Crippen molar-refractivity contribution >= 4 is 11.6 Å². The Balaban J connectivity index is 1.78. The van der Waals surface area contributed by atoms with Gasteiger partial charge in [0, 0.05) is 24.2 Å². The topological polar surface area (TPSA) is 59.8 Å². The van der Waals surface area contributed by atoms with Gasteiger partial charge < -0.3 is 5.32 Å². The Bertz CT molecular complexity index is 619. The fourth-order valence-electron chi connectivity index (χ4n) is 2.13. The number of aromatic nitrogens is 3. The van der Waals surface area contributed by atoms with E-state index in [1.54, 1.807) is 11.0 Å². The van der Waals surface area contributed by atoms with E-state index in [0.29, 0.717) is 11.7 Å². The molecule has 1 heterocycles. The van der Waals surface area contributed by atoms with Gasteiger partial charge in [-0.1, -0.05) is 19.1 Å². The third kappa shape index (κ3) is 2.50. The van der Waals surface area contributed by atoms with Gasteiger partial charge in [0.05, 0.1) is 0 Å². The number of amides is 1. The van der Waals surface area contributed by atoms with Crippen molar-refractivity contribution in [2.75, 3.05) is 5.32 Å². The van der Waals surface area contributed by atoms with Gasteiger partial charge in [0.1, 0.15) is 6.33 Å². The first-order chi connectivity index (χ1) is 9.13. The fourth-order valence-corrected chi connectivity index (χ4v) is 2.13. The van der Waals surface area contributed by atoms with Crippen LogP contribution in [0.1, 0.15) is 13.3 Å². The van der Waals surface area contributed by atoms with Crippen molar-refractivity contribution in [1.82, 2.24) is 14.8 Å². The average molecular weight is 256 g/mol. The maximum atomic E-state index is 11.9. The Morgan fingerprint density at radius 1 is 1.47 bits per heavy atom. The van der Waals surface area contributed by atoms with Crippen LogP contribution in [0.15, 0.2) is 30.6 Å². The third-order valence-electron chi connectivity index (χ3n) is 3.43. The summed E-state index contributed by atoms with van der Waals surface area (Å²) in [5.74, 6) is 1.47. The fraction of sp³-hybridized carbons (Fsp3) is 0.357. The molecule has 1 aliphatic carbocycles. The van der Waals surface area contributed by atoms with Crippen molar-refractivity contribution in [3.8, 4) is 11.4 Å². The van der Waals surface area contributed by atoms with Crippen LogP contribution < -0.4 is 5.32 Å². The van der Waals surface area contributed by atoms with Crippen molar-refractivity contribution in [3.05, 3.63) is 30.6 Å². The Morgan fingerprint density at radius 3 is 2.89 bits per heavy atom. The standard InChI is InChI=1S/C14H16N4O/c1-9-6-12(9)14(19)16-11-5-3-4-10(7-11)13-15-8-18(2)17-13/h3-5,7-9,12H,6H2,1-2H3,(H,16,19)/t9-,12-/m1/s1. The Morgan fingerprint density at radius 2 is 2.26 bits per heavy atom. The molecule has 5 heteroatoms. The Kier molecular flexibility index (Phi) is 2.81. The molecule has 19 heavy (non-hydrogen) atoms. The minimum atomic E-state index is 0.110. The number of rotatable bonds is 3. The van der Waals surface area contributed by atoms with Gasteiger partial charge in [-0.3, -0.25) is 9.48 Å². The Labute approximate surface area is 111 Å². The SMILES string of the molecule is C[C@@H]1C[C@H]1C(=O)Nc1cccc(-c2ncn(C)n2)c1. The molecule has 0 unspecified atom stereocenters. The second kappa shape index (κ2) is 4.50. The van der Waals surface area contributed by atoms with Crippen LogP contribution in [0.4, 0.5) is 5.69 Å². The number of nitrogens with one attached hydrogen (secondary N) is 1. The van der Waals surface area contributed by atoms with E-state index >= 15 is 0 Å². The lowest BCUT2D eigenvalue weighted by Gasteiger charge is -2.05. The quantitative estimate of drug-likeness (QED) is 0.914. The molecule has 98 valence electrons. The molecular formula is C14H16N4O.